The molecule has 0 fully saturated rings. The van der Waals surface area contributed by atoms with Crippen LogP contribution >= 0.6 is 11.6 Å². The average molecular weight is 250 g/mol. The van der Waals surface area contributed by atoms with Gasteiger partial charge >= 0.3 is 0 Å². The summed E-state index contributed by atoms with van der Waals surface area (Å²) in [4.78, 5) is 8.47. The fourth-order valence-electron chi connectivity index (χ4n) is 1.54. The Kier molecular flexibility index (Phi) is 3.48. The molecule has 0 amide bonds. The van der Waals surface area contributed by atoms with Crippen LogP contribution in [0.2, 0.25) is 5.28 Å². The molecule has 0 aliphatic carbocycles. The number of fused-ring (bicyclic) bond motifs is 1. The summed E-state index contributed by atoms with van der Waals surface area (Å²) in [6.07, 6.45) is 0. The molecule has 1 aromatic carbocycles. The number of nitrogens with one attached hydrogen (secondary N) is 1. The van der Waals surface area contributed by atoms with Gasteiger partial charge in [-0.15, -0.1) is 0 Å². The minimum Gasteiger partial charge on any atom is -0.367 e. The van der Waals surface area contributed by atoms with Gasteiger partial charge in [0.15, 0.2) is 0 Å². The first-order valence-electron chi connectivity index (χ1n) is 5.76. The molecule has 2 rings (SSSR count). The molecule has 3 nitrogen and oxygen atoms in total. The number of halogens is 1. The topological polar surface area (TPSA) is 37.8 Å². The van der Waals surface area contributed by atoms with Crippen LogP contribution in [-0.4, -0.2) is 16.0 Å². The Morgan fingerprint density at radius 2 is 1.82 bits per heavy atom. The number of benzene rings is 1. The third kappa shape index (κ3) is 2.67. The van der Waals surface area contributed by atoms with E-state index in [1.807, 2.05) is 24.3 Å². The van der Waals surface area contributed by atoms with E-state index in [4.69, 9.17) is 11.6 Å². The molecule has 17 heavy (non-hydrogen) atoms. The number of hydrogen-bond acceptors (Lipinski definition) is 3. The van der Waals surface area contributed by atoms with Crippen LogP contribution in [0.15, 0.2) is 24.3 Å². The predicted octanol–water partition coefficient (Wildman–Crippen LogP) is 3.74. The standard InChI is InChI=1S/C13H16ClN3/c1-8(2)9(3)15-12-10-6-4-5-7-11(10)16-13(14)17-12/h4-9H,1-3H3,(H,15,16,17). The van der Waals surface area contributed by atoms with E-state index in [1.165, 1.54) is 0 Å². The zero-order valence-electron chi connectivity index (χ0n) is 10.2. The molecule has 0 radical (unpaired) electrons. The van der Waals surface area contributed by atoms with Crippen LogP contribution in [0.1, 0.15) is 20.8 Å². The molecule has 0 aliphatic rings. The van der Waals surface area contributed by atoms with E-state index in [1.54, 1.807) is 0 Å². The number of anilines is 1. The quantitative estimate of drug-likeness (QED) is 0.842. The molecule has 0 bridgehead atoms. The Bertz CT molecular complexity index is 525. The fourth-order valence-corrected chi connectivity index (χ4v) is 1.72. The van der Waals surface area contributed by atoms with Crippen molar-refractivity contribution in [3.8, 4) is 0 Å². The van der Waals surface area contributed by atoms with Gasteiger partial charge in [-0.05, 0) is 36.6 Å². The van der Waals surface area contributed by atoms with Crippen molar-refractivity contribution >= 4 is 28.3 Å². The molecule has 0 saturated heterocycles. The van der Waals surface area contributed by atoms with E-state index >= 15 is 0 Å². The van der Waals surface area contributed by atoms with Crippen molar-refractivity contribution < 1.29 is 0 Å². The minimum atomic E-state index is 0.280. The Morgan fingerprint density at radius 1 is 1.12 bits per heavy atom. The van der Waals surface area contributed by atoms with Gasteiger partial charge in [-0.1, -0.05) is 26.0 Å². The minimum absolute atomic E-state index is 0.280. The summed E-state index contributed by atoms with van der Waals surface area (Å²) in [6.45, 7) is 6.47. The second-order valence-electron chi connectivity index (χ2n) is 4.54. The van der Waals surface area contributed by atoms with Gasteiger partial charge in [0, 0.05) is 11.4 Å². The number of para-hydroxylation sites is 1. The SMILES string of the molecule is CC(C)C(C)Nc1nc(Cl)nc2ccccc12. The second-order valence-corrected chi connectivity index (χ2v) is 4.87. The zero-order chi connectivity index (χ0) is 12.4. The summed E-state index contributed by atoms with van der Waals surface area (Å²) >= 11 is 5.92. The summed E-state index contributed by atoms with van der Waals surface area (Å²) < 4.78 is 0. The molecule has 1 unspecified atom stereocenters. The highest BCUT2D eigenvalue weighted by molar-refractivity contribution is 6.28. The highest BCUT2D eigenvalue weighted by atomic mass is 35.5. The maximum atomic E-state index is 5.92. The van der Waals surface area contributed by atoms with E-state index in [9.17, 15) is 0 Å². The second kappa shape index (κ2) is 4.88. The van der Waals surface area contributed by atoms with Gasteiger partial charge < -0.3 is 5.32 Å². The molecule has 0 saturated carbocycles. The summed E-state index contributed by atoms with van der Waals surface area (Å²) in [5.41, 5.74) is 0.867. The largest absolute Gasteiger partial charge is 0.367 e. The van der Waals surface area contributed by atoms with Gasteiger partial charge in [0.25, 0.3) is 0 Å². The van der Waals surface area contributed by atoms with E-state index in [-0.39, 0.29) is 5.28 Å². The highest BCUT2D eigenvalue weighted by Crippen LogP contribution is 2.23. The van der Waals surface area contributed by atoms with Crippen molar-refractivity contribution in [2.45, 2.75) is 26.8 Å². The van der Waals surface area contributed by atoms with Crippen LogP contribution in [-0.2, 0) is 0 Å². The van der Waals surface area contributed by atoms with Crippen molar-refractivity contribution in [3.63, 3.8) is 0 Å². The monoisotopic (exact) mass is 249 g/mol. The number of hydrogen-bond donors (Lipinski definition) is 1. The Hall–Kier alpha value is -1.35. The lowest BCUT2D eigenvalue weighted by atomic mass is 10.1. The molecule has 1 N–H and O–H groups in total. The smallest absolute Gasteiger partial charge is 0.224 e. The molecule has 90 valence electrons. The number of aromatic nitrogens is 2. The van der Waals surface area contributed by atoms with Crippen LogP contribution in [0.25, 0.3) is 10.9 Å². The predicted molar refractivity (Wildman–Crippen MR) is 72.5 cm³/mol. The third-order valence-corrected chi connectivity index (χ3v) is 3.11. The molecule has 1 heterocycles. The average Bonchev–Trinajstić information content (AvgIpc) is 2.28. The molecule has 0 spiro atoms. The van der Waals surface area contributed by atoms with E-state index in [2.05, 4.69) is 36.1 Å². The number of nitrogens with zero attached hydrogens (tertiary/aromatic N) is 2. The summed E-state index contributed by atoms with van der Waals surface area (Å²) in [6, 6.07) is 8.20. The maximum Gasteiger partial charge on any atom is 0.224 e. The van der Waals surface area contributed by atoms with Gasteiger partial charge in [-0.2, -0.15) is 0 Å². The van der Waals surface area contributed by atoms with Crippen molar-refractivity contribution in [2.24, 2.45) is 5.92 Å². The summed E-state index contributed by atoms with van der Waals surface area (Å²) in [7, 11) is 0. The molecule has 1 atom stereocenters. The maximum absolute atomic E-state index is 5.92. The highest BCUT2D eigenvalue weighted by Gasteiger charge is 2.11. The van der Waals surface area contributed by atoms with Gasteiger partial charge in [-0.25, -0.2) is 9.97 Å². The van der Waals surface area contributed by atoms with Crippen LogP contribution in [0.4, 0.5) is 5.82 Å². The van der Waals surface area contributed by atoms with Crippen molar-refractivity contribution in [2.75, 3.05) is 5.32 Å². The number of rotatable bonds is 3. The van der Waals surface area contributed by atoms with E-state index in [0.717, 1.165) is 16.7 Å². The van der Waals surface area contributed by atoms with Gasteiger partial charge in [-0.3, -0.25) is 0 Å². The summed E-state index contributed by atoms with van der Waals surface area (Å²) in [5, 5.41) is 4.67. The van der Waals surface area contributed by atoms with E-state index in [0.29, 0.717) is 12.0 Å². The van der Waals surface area contributed by atoms with Crippen molar-refractivity contribution in [1.29, 1.82) is 0 Å². The van der Waals surface area contributed by atoms with Crippen LogP contribution in [0.3, 0.4) is 0 Å². The Morgan fingerprint density at radius 3 is 2.53 bits per heavy atom. The first-order valence-corrected chi connectivity index (χ1v) is 6.14. The van der Waals surface area contributed by atoms with Crippen molar-refractivity contribution in [1.82, 2.24) is 9.97 Å². The van der Waals surface area contributed by atoms with E-state index < -0.39 is 0 Å². The lowest BCUT2D eigenvalue weighted by Crippen LogP contribution is -2.22. The molecule has 2 aromatic rings. The lowest BCUT2D eigenvalue weighted by Gasteiger charge is -2.19. The molecule has 1 aromatic heterocycles. The van der Waals surface area contributed by atoms with Crippen LogP contribution in [0, 0.1) is 5.92 Å². The van der Waals surface area contributed by atoms with Crippen LogP contribution in [0.5, 0.6) is 0 Å². The molecular weight excluding hydrogens is 234 g/mol. The Labute approximate surface area is 106 Å². The van der Waals surface area contributed by atoms with Crippen LogP contribution < -0.4 is 5.32 Å². The first-order chi connectivity index (χ1) is 8.08. The van der Waals surface area contributed by atoms with Gasteiger partial charge in [0.1, 0.15) is 5.82 Å². The molecular formula is C13H16ClN3. The van der Waals surface area contributed by atoms with Gasteiger partial charge in [0.05, 0.1) is 5.52 Å². The van der Waals surface area contributed by atoms with Crippen molar-refractivity contribution in [3.05, 3.63) is 29.5 Å². The van der Waals surface area contributed by atoms with Gasteiger partial charge in [0.2, 0.25) is 5.28 Å². The summed E-state index contributed by atoms with van der Waals surface area (Å²) in [5.74, 6) is 1.34. The third-order valence-electron chi connectivity index (χ3n) is 2.94. The molecule has 4 heteroatoms. The Balaban J connectivity index is 2.45. The molecule has 0 aliphatic heterocycles. The zero-order valence-corrected chi connectivity index (χ0v) is 11.0. The normalized spacial score (nSPS) is 13.0. The fraction of sp³-hybridized carbons (Fsp3) is 0.385. The first kappa shape index (κ1) is 12.1. The lowest BCUT2D eigenvalue weighted by molar-refractivity contribution is 0.559.